The minimum Gasteiger partial charge on any atom is -0.350 e. The fourth-order valence-corrected chi connectivity index (χ4v) is 1.39. The van der Waals surface area contributed by atoms with E-state index in [2.05, 4.69) is 15.3 Å². The van der Waals surface area contributed by atoms with Crippen molar-refractivity contribution in [3.8, 4) is 0 Å². The molecule has 3 nitrogen and oxygen atoms in total. The van der Waals surface area contributed by atoms with Gasteiger partial charge in [-0.2, -0.15) is 0 Å². The standard InChI is InChI=1S/C12H12ClN3/c1-9-6-14-12(15-7-9)16-8-10-2-4-11(13)5-3-10/h2-7H,8H2,1H3,(H,14,15,16). The first-order valence-electron chi connectivity index (χ1n) is 5.01. The Balaban J connectivity index is 1.97. The Kier molecular flexibility index (Phi) is 3.37. The van der Waals surface area contributed by atoms with E-state index in [1.54, 1.807) is 12.4 Å². The van der Waals surface area contributed by atoms with Crippen LogP contribution in [0.4, 0.5) is 5.95 Å². The lowest BCUT2D eigenvalue weighted by Crippen LogP contribution is -2.03. The van der Waals surface area contributed by atoms with Gasteiger partial charge >= 0.3 is 0 Å². The van der Waals surface area contributed by atoms with E-state index in [9.17, 15) is 0 Å². The maximum atomic E-state index is 5.80. The molecule has 16 heavy (non-hydrogen) atoms. The predicted molar refractivity (Wildman–Crippen MR) is 65.5 cm³/mol. The molecule has 0 spiro atoms. The first-order valence-corrected chi connectivity index (χ1v) is 5.39. The Hall–Kier alpha value is -1.61. The van der Waals surface area contributed by atoms with Crippen LogP contribution in [0.1, 0.15) is 11.1 Å². The van der Waals surface area contributed by atoms with Crippen LogP contribution in [-0.2, 0) is 6.54 Å². The van der Waals surface area contributed by atoms with E-state index in [4.69, 9.17) is 11.6 Å². The monoisotopic (exact) mass is 233 g/mol. The second kappa shape index (κ2) is 4.94. The van der Waals surface area contributed by atoms with Crippen LogP contribution < -0.4 is 5.32 Å². The maximum absolute atomic E-state index is 5.80. The fraction of sp³-hybridized carbons (Fsp3) is 0.167. The zero-order valence-corrected chi connectivity index (χ0v) is 9.70. The van der Waals surface area contributed by atoms with Gasteiger partial charge in [-0.3, -0.25) is 0 Å². The van der Waals surface area contributed by atoms with Gasteiger partial charge in [-0.15, -0.1) is 0 Å². The van der Waals surface area contributed by atoms with Crippen molar-refractivity contribution in [2.45, 2.75) is 13.5 Å². The van der Waals surface area contributed by atoms with Gasteiger partial charge in [-0.25, -0.2) is 9.97 Å². The highest BCUT2D eigenvalue weighted by Gasteiger charge is 1.96. The lowest BCUT2D eigenvalue weighted by Gasteiger charge is -2.04. The molecule has 0 bridgehead atoms. The summed E-state index contributed by atoms with van der Waals surface area (Å²) in [5.41, 5.74) is 2.20. The van der Waals surface area contributed by atoms with Crippen LogP contribution in [-0.4, -0.2) is 9.97 Å². The summed E-state index contributed by atoms with van der Waals surface area (Å²) < 4.78 is 0. The number of aryl methyl sites for hydroxylation is 1. The molecule has 0 aliphatic heterocycles. The quantitative estimate of drug-likeness (QED) is 0.886. The molecule has 4 heteroatoms. The Morgan fingerprint density at radius 2 is 1.75 bits per heavy atom. The number of anilines is 1. The van der Waals surface area contributed by atoms with Gasteiger partial charge < -0.3 is 5.32 Å². The highest BCUT2D eigenvalue weighted by molar-refractivity contribution is 6.30. The van der Waals surface area contributed by atoms with Crippen molar-refractivity contribution in [1.82, 2.24) is 9.97 Å². The predicted octanol–water partition coefficient (Wildman–Crippen LogP) is 3.05. The Morgan fingerprint density at radius 1 is 1.12 bits per heavy atom. The van der Waals surface area contributed by atoms with Gasteiger partial charge in [0.05, 0.1) is 0 Å². The van der Waals surface area contributed by atoms with Gasteiger partial charge in [0.25, 0.3) is 0 Å². The maximum Gasteiger partial charge on any atom is 0.222 e. The molecule has 1 N–H and O–H groups in total. The van der Waals surface area contributed by atoms with E-state index in [0.717, 1.165) is 16.1 Å². The largest absolute Gasteiger partial charge is 0.350 e. The van der Waals surface area contributed by atoms with E-state index in [1.807, 2.05) is 31.2 Å². The van der Waals surface area contributed by atoms with Gasteiger partial charge in [0.2, 0.25) is 5.95 Å². The summed E-state index contributed by atoms with van der Waals surface area (Å²) in [6.45, 7) is 2.66. The number of hydrogen-bond acceptors (Lipinski definition) is 3. The zero-order valence-electron chi connectivity index (χ0n) is 8.94. The first-order chi connectivity index (χ1) is 7.74. The van der Waals surface area contributed by atoms with Crippen LogP contribution in [0.3, 0.4) is 0 Å². The minimum absolute atomic E-state index is 0.639. The van der Waals surface area contributed by atoms with E-state index in [-0.39, 0.29) is 0 Å². The fourth-order valence-electron chi connectivity index (χ4n) is 1.27. The van der Waals surface area contributed by atoms with E-state index >= 15 is 0 Å². The molecular weight excluding hydrogens is 222 g/mol. The van der Waals surface area contributed by atoms with E-state index in [0.29, 0.717) is 12.5 Å². The van der Waals surface area contributed by atoms with Crippen LogP contribution in [0.25, 0.3) is 0 Å². The summed E-state index contributed by atoms with van der Waals surface area (Å²) in [6.07, 6.45) is 3.58. The normalized spacial score (nSPS) is 10.1. The van der Waals surface area contributed by atoms with Crippen molar-refractivity contribution >= 4 is 17.5 Å². The van der Waals surface area contributed by atoms with Gasteiger partial charge in [-0.1, -0.05) is 23.7 Å². The molecular formula is C12H12ClN3. The van der Waals surface area contributed by atoms with Crippen LogP contribution in [0, 0.1) is 6.92 Å². The number of rotatable bonds is 3. The third kappa shape index (κ3) is 2.94. The van der Waals surface area contributed by atoms with Crippen LogP contribution in [0.5, 0.6) is 0 Å². The molecule has 0 aliphatic rings. The molecule has 2 rings (SSSR count). The molecule has 82 valence electrons. The number of benzene rings is 1. The number of nitrogens with one attached hydrogen (secondary N) is 1. The van der Waals surface area contributed by atoms with Crippen molar-refractivity contribution in [1.29, 1.82) is 0 Å². The highest BCUT2D eigenvalue weighted by atomic mass is 35.5. The average Bonchev–Trinajstić information content (AvgIpc) is 2.30. The van der Waals surface area contributed by atoms with Gasteiger partial charge in [0.15, 0.2) is 0 Å². The van der Waals surface area contributed by atoms with Crippen LogP contribution in [0.15, 0.2) is 36.7 Å². The molecule has 0 unspecified atom stereocenters. The van der Waals surface area contributed by atoms with Crippen molar-refractivity contribution in [3.63, 3.8) is 0 Å². The molecule has 1 aromatic heterocycles. The molecule has 0 atom stereocenters. The molecule has 0 radical (unpaired) electrons. The summed E-state index contributed by atoms with van der Waals surface area (Å²) in [7, 11) is 0. The lowest BCUT2D eigenvalue weighted by atomic mass is 10.2. The van der Waals surface area contributed by atoms with Gasteiger partial charge in [-0.05, 0) is 30.2 Å². The summed E-state index contributed by atoms with van der Waals surface area (Å²) in [6, 6.07) is 7.69. The SMILES string of the molecule is Cc1cnc(NCc2ccc(Cl)cc2)nc1. The molecule has 0 saturated carbocycles. The van der Waals surface area contributed by atoms with Gasteiger partial charge in [0, 0.05) is 24.0 Å². The third-order valence-corrected chi connectivity index (χ3v) is 2.40. The minimum atomic E-state index is 0.639. The molecule has 1 aromatic carbocycles. The smallest absolute Gasteiger partial charge is 0.222 e. The molecule has 0 saturated heterocycles. The van der Waals surface area contributed by atoms with Crippen molar-refractivity contribution < 1.29 is 0 Å². The summed E-state index contributed by atoms with van der Waals surface area (Å²) in [5.74, 6) is 0.639. The molecule has 0 aliphatic carbocycles. The summed E-state index contributed by atoms with van der Waals surface area (Å²) in [4.78, 5) is 8.33. The van der Waals surface area contributed by atoms with Crippen molar-refractivity contribution in [2.24, 2.45) is 0 Å². The van der Waals surface area contributed by atoms with Crippen LogP contribution >= 0.6 is 11.6 Å². The number of halogens is 1. The van der Waals surface area contributed by atoms with E-state index in [1.165, 1.54) is 0 Å². The topological polar surface area (TPSA) is 37.8 Å². The summed E-state index contributed by atoms with van der Waals surface area (Å²) >= 11 is 5.80. The molecule has 1 heterocycles. The second-order valence-corrected chi connectivity index (χ2v) is 4.00. The van der Waals surface area contributed by atoms with E-state index < -0.39 is 0 Å². The third-order valence-electron chi connectivity index (χ3n) is 2.14. The number of nitrogens with zero attached hydrogens (tertiary/aromatic N) is 2. The lowest BCUT2D eigenvalue weighted by molar-refractivity contribution is 1.04. The van der Waals surface area contributed by atoms with Gasteiger partial charge in [0.1, 0.15) is 0 Å². The zero-order chi connectivity index (χ0) is 11.4. The molecule has 2 aromatic rings. The van der Waals surface area contributed by atoms with Crippen molar-refractivity contribution in [3.05, 3.63) is 52.8 Å². The second-order valence-electron chi connectivity index (χ2n) is 3.56. The Bertz CT molecular complexity index is 405. The molecule has 0 fully saturated rings. The Morgan fingerprint density at radius 3 is 2.38 bits per heavy atom. The first kappa shape index (κ1) is 10.9. The summed E-state index contributed by atoms with van der Waals surface area (Å²) in [5, 5.41) is 3.89. The average molecular weight is 234 g/mol. The number of aromatic nitrogens is 2. The highest BCUT2D eigenvalue weighted by Crippen LogP contribution is 2.10. The molecule has 0 amide bonds. The van der Waals surface area contributed by atoms with Crippen LogP contribution in [0.2, 0.25) is 5.02 Å². The van der Waals surface area contributed by atoms with Crippen molar-refractivity contribution in [2.75, 3.05) is 5.32 Å². The number of hydrogen-bond donors (Lipinski definition) is 1. The Labute approximate surface area is 99.5 Å².